The number of rotatable bonds is 9. The van der Waals surface area contributed by atoms with Crippen LogP contribution in [-0.4, -0.2) is 11.7 Å². The summed E-state index contributed by atoms with van der Waals surface area (Å²) in [7, 11) is 0. The molecule has 1 unspecified atom stereocenters. The molecule has 0 aliphatic heterocycles. The van der Waals surface area contributed by atoms with Gasteiger partial charge in [-0.2, -0.15) is 0 Å². The minimum absolute atomic E-state index is 0.349. The largest absolute Gasteiger partial charge is 0.396 e. The minimum atomic E-state index is 0.349. The van der Waals surface area contributed by atoms with E-state index in [4.69, 9.17) is 5.11 Å². The van der Waals surface area contributed by atoms with Gasteiger partial charge in [0.05, 0.1) is 0 Å². The van der Waals surface area contributed by atoms with Gasteiger partial charge in [0, 0.05) is 6.61 Å². The lowest BCUT2D eigenvalue weighted by atomic mass is 9.95. The van der Waals surface area contributed by atoms with Crippen molar-refractivity contribution < 1.29 is 5.11 Å². The Morgan fingerprint density at radius 1 is 1.07 bits per heavy atom. The van der Waals surface area contributed by atoms with E-state index in [2.05, 4.69) is 26.0 Å². The zero-order valence-corrected chi connectivity index (χ0v) is 9.84. The van der Waals surface area contributed by atoms with Crippen LogP contribution in [-0.2, 0) is 0 Å². The Hall–Kier alpha value is -0.300. The summed E-state index contributed by atoms with van der Waals surface area (Å²) in [6.45, 7) is 4.81. The molecule has 0 saturated carbocycles. The Morgan fingerprint density at radius 2 is 1.79 bits per heavy atom. The molecule has 0 aromatic carbocycles. The van der Waals surface area contributed by atoms with Gasteiger partial charge in [0.15, 0.2) is 0 Å². The van der Waals surface area contributed by atoms with E-state index in [0.717, 1.165) is 12.3 Å². The number of unbranched alkanes of at least 4 members (excludes halogenated alkanes) is 1. The average molecular weight is 198 g/mol. The molecule has 0 aromatic heterocycles. The summed E-state index contributed by atoms with van der Waals surface area (Å²) in [6.07, 6.45) is 13.0. The van der Waals surface area contributed by atoms with Crippen molar-refractivity contribution in [2.75, 3.05) is 6.61 Å². The summed E-state index contributed by atoms with van der Waals surface area (Å²) in [4.78, 5) is 0. The Morgan fingerprint density at radius 3 is 2.36 bits per heavy atom. The predicted octanol–water partition coefficient (Wildman–Crippen LogP) is 3.92. The monoisotopic (exact) mass is 198 g/mol. The third kappa shape index (κ3) is 8.31. The zero-order chi connectivity index (χ0) is 10.6. The second kappa shape index (κ2) is 10.8. The van der Waals surface area contributed by atoms with Gasteiger partial charge in [-0.15, -0.1) is 0 Å². The molecule has 0 aliphatic carbocycles. The van der Waals surface area contributed by atoms with Gasteiger partial charge in [0.2, 0.25) is 0 Å². The molecule has 0 bridgehead atoms. The second-order valence-corrected chi connectivity index (χ2v) is 3.98. The molecule has 0 radical (unpaired) electrons. The number of hydrogen-bond donors (Lipinski definition) is 1. The molecular formula is C13H26O. The highest BCUT2D eigenvalue weighted by Crippen LogP contribution is 2.17. The first-order valence-corrected chi connectivity index (χ1v) is 6.11. The van der Waals surface area contributed by atoms with Gasteiger partial charge >= 0.3 is 0 Å². The summed E-state index contributed by atoms with van der Waals surface area (Å²) >= 11 is 0. The maximum Gasteiger partial charge on any atom is 0.0431 e. The van der Waals surface area contributed by atoms with E-state index in [-0.39, 0.29) is 0 Å². The van der Waals surface area contributed by atoms with Crippen LogP contribution in [0.25, 0.3) is 0 Å². The molecular weight excluding hydrogens is 172 g/mol. The molecule has 1 nitrogen and oxygen atoms in total. The van der Waals surface area contributed by atoms with Gasteiger partial charge in [0.25, 0.3) is 0 Å². The Balaban J connectivity index is 3.41. The van der Waals surface area contributed by atoms with Gasteiger partial charge in [-0.3, -0.25) is 0 Å². The van der Waals surface area contributed by atoms with Crippen LogP contribution in [0.3, 0.4) is 0 Å². The number of aliphatic hydroxyl groups excluding tert-OH is 1. The zero-order valence-electron chi connectivity index (χ0n) is 9.84. The lowest BCUT2D eigenvalue weighted by Gasteiger charge is -2.12. The van der Waals surface area contributed by atoms with E-state index in [0.29, 0.717) is 6.61 Å². The van der Waals surface area contributed by atoms with E-state index in [1.807, 2.05) is 0 Å². The van der Waals surface area contributed by atoms with E-state index in [9.17, 15) is 0 Å². The molecule has 0 aromatic rings. The van der Waals surface area contributed by atoms with Gasteiger partial charge in [-0.05, 0) is 38.0 Å². The summed E-state index contributed by atoms with van der Waals surface area (Å²) in [6, 6.07) is 0. The number of aliphatic hydroxyl groups is 1. The summed E-state index contributed by atoms with van der Waals surface area (Å²) in [5.74, 6) is 0.813. The lowest BCUT2D eigenvalue weighted by Crippen LogP contribution is -1.99. The SMILES string of the molecule is CCC/C=C/CCC(CC)CCCO. The smallest absolute Gasteiger partial charge is 0.0431 e. The fraction of sp³-hybridized carbons (Fsp3) is 0.846. The first-order valence-electron chi connectivity index (χ1n) is 6.11. The Labute approximate surface area is 89.2 Å². The average Bonchev–Trinajstić information content (AvgIpc) is 2.22. The van der Waals surface area contributed by atoms with Crippen molar-refractivity contribution in [1.29, 1.82) is 0 Å². The van der Waals surface area contributed by atoms with Crippen molar-refractivity contribution in [3.05, 3.63) is 12.2 Å². The van der Waals surface area contributed by atoms with Crippen LogP contribution in [0.2, 0.25) is 0 Å². The minimum Gasteiger partial charge on any atom is -0.396 e. The van der Waals surface area contributed by atoms with Crippen molar-refractivity contribution in [3.8, 4) is 0 Å². The van der Waals surface area contributed by atoms with Gasteiger partial charge in [0.1, 0.15) is 0 Å². The van der Waals surface area contributed by atoms with E-state index >= 15 is 0 Å². The molecule has 1 N–H and O–H groups in total. The number of hydrogen-bond acceptors (Lipinski definition) is 1. The van der Waals surface area contributed by atoms with Crippen molar-refractivity contribution in [1.82, 2.24) is 0 Å². The normalized spacial score (nSPS) is 13.6. The summed E-state index contributed by atoms with van der Waals surface area (Å²) in [5, 5.41) is 8.74. The number of allylic oxidation sites excluding steroid dienone is 2. The van der Waals surface area contributed by atoms with Gasteiger partial charge in [-0.1, -0.05) is 38.8 Å². The molecule has 0 aliphatic rings. The van der Waals surface area contributed by atoms with Gasteiger partial charge < -0.3 is 5.11 Å². The molecule has 14 heavy (non-hydrogen) atoms. The Bertz CT molecular complexity index is 129. The van der Waals surface area contributed by atoms with Crippen LogP contribution in [0.15, 0.2) is 12.2 Å². The molecule has 0 saturated heterocycles. The van der Waals surface area contributed by atoms with Crippen LogP contribution in [0.4, 0.5) is 0 Å². The van der Waals surface area contributed by atoms with Crippen molar-refractivity contribution >= 4 is 0 Å². The third-order valence-electron chi connectivity index (χ3n) is 2.71. The second-order valence-electron chi connectivity index (χ2n) is 3.98. The standard InChI is InChI=1S/C13H26O/c1-3-5-6-7-8-10-13(4-2)11-9-12-14/h6-7,13-14H,3-5,8-12H2,1-2H3/b7-6+. The molecule has 84 valence electrons. The third-order valence-corrected chi connectivity index (χ3v) is 2.71. The van der Waals surface area contributed by atoms with Gasteiger partial charge in [-0.25, -0.2) is 0 Å². The van der Waals surface area contributed by atoms with Crippen molar-refractivity contribution in [2.45, 2.75) is 58.8 Å². The predicted molar refractivity (Wildman–Crippen MR) is 63.4 cm³/mol. The van der Waals surface area contributed by atoms with Crippen LogP contribution < -0.4 is 0 Å². The van der Waals surface area contributed by atoms with Crippen molar-refractivity contribution in [3.63, 3.8) is 0 Å². The lowest BCUT2D eigenvalue weighted by molar-refractivity contribution is 0.267. The first kappa shape index (κ1) is 13.7. The topological polar surface area (TPSA) is 20.2 Å². The fourth-order valence-electron chi connectivity index (χ4n) is 1.67. The highest BCUT2D eigenvalue weighted by Gasteiger charge is 2.03. The summed E-state index contributed by atoms with van der Waals surface area (Å²) < 4.78 is 0. The van der Waals surface area contributed by atoms with Crippen LogP contribution in [0.5, 0.6) is 0 Å². The molecule has 0 amide bonds. The van der Waals surface area contributed by atoms with Crippen LogP contribution in [0, 0.1) is 5.92 Å². The Kier molecular flexibility index (Phi) is 10.5. The molecule has 0 fully saturated rings. The van der Waals surface area contributed by atoms with Crippen molar-refractivity contribution in [2.24, 2.45) is 5.92 Å². The fourth-order valence-corrected chi connectivity index (χ4v) is 1.67. The first-order chi connectivity index (χ1) is 6.85. The molecule has 0 spiro atoms. The van der Waals surface area contributed by atoms with Crippen LogP contribution >= 0.6 is 0 Å². The summed E-state index contributed by atoms with van der Waals surface area (Å²) in [5.41, 5.74) is 0. The maximum absolute atomic E-state index is 8.74. The molecule has 0 rings (SSSR count). The van der Waals surface area contributed by atoms with E-state index < -0.39 is 0 Å². The van der Waals surface area contributed by atoms with E-state index in [1.54, 1.807) is 0 Å². The quantitative estimate of drug-likeness (QED) is 0.557. The highest BCUT2D eigenvalue weighted by molar-refractivity contribution is 4.81. The molecule has 0 heterocycles. The van der Waals surface area contributed by atoms with Crippen LogP contribution in [0.1, 0.15) is 58.8 Å². The highest BCUT2D eigenvalue weighted by atomic mass is 16.2. The molecule has 1 heteroatoms. The van der Waals surface area contributed by atoms with E-state index in [1.165, 1.54) is 38.5 Å². The molecule has 1 atom stereocenters. The maximum atomic E-state index is 8.74.